The number of para-hydroxylation sites is 1. The molecule has 1 atom stereocenters. The number of rotatable bonds is 14. The van der Waals surface area contributed by atoms with Crippen molar-refractivity contribution in [2.45, 2.75) is 38.5 Å². The first-order valence-electron chi connectivity index (χ1n) is 22.8. The fourth-order valence-electron chi connectivity index (χ4n) is 8.84. The van der Waals surface area contributed by atoms with E-state index in [9.17, 15) is 0 Å². The highest BCUT2D eigenvalue weighted by Gasteiger charge is 2.14. The lowest BCUT2D eigenvalue weighted by Gasteiger charge is -2.24. The smallest absolute Gasteiger partial charge is 0.0415 e. The molecule has 7 aromatic carbocycles. The van der Waals surface area contributed by atoms with E-state index < -0.39 is 0 Å². The molecule has 64 heavy (non-hydrogen) atoms. The van der Waals surface area contributed by atoms with Crippen molar-refractivity contribution in [1.29, 1.82) is 0 Å². The molecule has 9 rings (SSSR count). The van der Waals surface area contributed by atoms with Crippen molar-refractivity contribution in [2.75, 3.05) is 11.4 Å². The Labute approximate surface area is 380 Å². The van der Waals surface area contributed by atoms with Gasteiger partial charge in [-0.25, -0.2) is 0 Å². The molecule has 1 heteroatoms. The van der Waals surface area contributed by atoms with Crippen LogP contribution in [0.4, 0.5) is 11.4 Å². The molecular weight excluding hydrogens is 771 g/mol. The molecule has 0 heterocycles. The minimum atomic E-state index is 0.453. The molecule has 1 unspecified atom stereocenters. The van der Waals surface area contributed by atoms with E-state index in [-0.39, 0.29) is 0 Å². The topological polar surface area (TPSA) is 3.24 Å². The van der Waals surface area contributed by atoms with Crippen molar-refractivity contribution >= 4 is 28.1 Å². The molecule has 0 fully saturated rings. The Bertz CT molecular complexity index is 2830. The summed E-state index contributed by atoms with van der Waals surface area (Å²) < 4.78 is 0. The summed E-state index contributed by atoms with van der Waals surface area (Å²) in [5, 5.41) is 0. The van der Waals surface area contributed by atoms with Crippen LogP contribution in [-0.2, 0) is 6.42 Å². The van der Waals surface area contributed by atoms with Crippen LogP contribution >= 0.6 is 0 Å². The van der Waals surface area contributed by atoms with Gasteiger partial charge in [0.2, 0.25) is 0 Å². The van der Waals surface area contributed by atoms with Crippen LogP contribution in [0, 0.1) is 0 Å². The number of hydrogen-bond donors (Lipinski definition) is 0. The Morgan fingerprint density at radius 3 is 1.77 bits per heavy atom. The Hall–Kier alpha value is -7.48. The summed E-state index contributed by atoms with van der Waals surface area (Å²) in [4.78, 5) is 2.39. The average molecular weight is 826 g/mol. The maximum absolute atomic E-state index is 2.42. The number of nitrogens with zero attached hydrogens (tertiary/aromatic N) is 1. The summed E-state index contributed by atoms with van der Waals surface area (Å²) in [6, 6.07) is 68.3. The minimum absolute atomic E-state index is 0.453. The highest BCUT2D eigenvalue weighted by atomic mass is 15.1. The van der Waals surface area contributed by atoms with Crippen molar-refractivity contribution in [2.24, 2.45) is 0 Å². The molecule has 0 aromatic heterocycles. The van der Waals surface area contributed by atoms with E-state index in [1.165, 1.54) is 72.4 Å². The number of hydrogen-bond acceptors (Lipinski definition) is 1. The van der Waals surface area contributed by atoms with Crippen LogP contribution in [0.5, 0.6) is 0 Å². The van der Waals surface area contributed by atoms with Gasteiger partial charge in [-0.2, -0.15) is 0 Å². The van der Waals surface area contributed by atoms with Gasteiger partial charge in [-0.3, -0.25) is 0 Å². The molecule has 312 valence electrons. The molecule has 0 amide bonds. The predicted molar refractivity (Wildman–Crippen MR) is 275 cm³/mol. The largest absolute Gasteiger partial charge is 0.338 e. The molecule has 0 saturated heterocycles. The minimum Gasteiger partial charge on any atom is -0.338 e. The fourth-order valence-corrected chi connectivity index (χ4v) is 8.84. The Morgan fingerprint density at radius 2 is 1.14 bits per heavy atom. The molecular formula is C63H55N. The average Bonchev–Trinajstić information content (AvgIpc) is 3.38. The van der Waals surface area contributed by atoms with Crippen molar-refractivity contribution in [3.8, 4) is 22.3 Å². The summed E-state index contributed by atoms with van der Waals surface area (Å²) in [5.41, 5.74) is 18.6. The van der Waals surface area contributed by atoms with Crippen molar-refractivity contribution in [3.63, 3.8) is 0 Å². The third-order valence-corrected chi connectivity index (χ3v) is 12.5. The van der Waals surface area contributed by atoms with Gasteiger partial charge in [0.15, 0.2) is 0 Å². The second-order valence-electron chi connectivity index (χ2n) is 16.7. The van der Waals surface area contributed by atoms with Crippen LogP contribution in [0.3, 0.4) is 0 Å². The number of benzene rings is 7. The monoisotopic (exact) mass is 825 g/mol. The molecule has 1 nitrogen and oxygen atoms in total. The van der Waals surface area contributed by atoms with Gasteiger partial charge in [0.05, 0.1) is 0 Å². The predicted octanol–water partition coefficient (Wildman–Crippen LogP) is 16.8. The molecule has 2 aliphatic rings. The van der Waals surface area contributed by atoms with Crippen LogP contribution in [-0.4, -0.2) is 6.54 Å². The van der Waals surface area contributed by atoms with E-state index in [2.05, 4.69) is 261 Å². The third kappa shape index (κ3) is 10.2. The lowest BCUT2D eigenvalue weighted by atomic mass is 9.88. The molecule has 0 aliphatic heterocycles. The van der Waals surface area contributed by atoms with Gasteiger partial charge < -0.3 is 4.90 Å². The van der Waals surface area contributed by atoms with Crippen molar-refractivity contribution in [3.05, 3.63) is 282 Å². The van der Waals surface area contributed by atoms with E-state index in [1.54, 1.807) is 0 Å². The SMILES string of the molecule is C/C(=C(\C=C/CN(c1ccccc1)c1ccc(-c2ccc(-c3ccccc3)cc2)cc1)c1ccc(C/C=C(/C2=CCCC=C2)c2ccc(C3C=CC=CC3)cc2)cc1)c1ccccc1. The van der Waals surface area contributed by atoms with Crippen molar-refractivity contribution in [1.82, 2.24) is 0 Å². The van der Waals surface area contributed by atoms with E-state index in [0.29, 0.717) is 12.5 Å². The molecule has 7 aromatic rings. The summed E-state index contributed by atoms with van der Waals surface area (Å²) in [5.74, 6) is 0.453. The van der Waals surface area contributed by atoms with Gasteiger partial charge in [-0.1, -0.05) is 225 Å². The lowest BCUT2D eigenvalue weighted by molar-refractivity contribution is 0.853. The van der Waals surface area contributed by atoms with E-state index in [4.69, 9.17) is 0 Å². The molecule has 0 bridgehead atoms. The van der Waals surface area contributed by atoms with Crippen LogP contribution in [0.2, 0.25) is 0 Å². The maximum atomic E-state index is 2.42. The second-order valence-corrected chi connectivity index (χ2v) is 16.7. The van der Waals surface area contributed by atoms with E-state index in [0.717, 1.165) is 37.1 Å². The van der Waals surface area contributed by atoms with Crippen molar-refractivity contribution < 1.29 is 0 Å². The maximum Gasteiger partial charge on any atom is 0.0415 e. The van der Waals surface area contributed by atoms with Crippen LogP contribution in [0.1, 0.15) is 59.9 Å². The van der Waals surface area contributed by atoms with Gasteiger partial charge in [0, 0.05) is 23.8 Å². The lowest BCUT2D eigenvalue weighted by Crippen LogP contribution is -2.16. The van der Waals surface area contributed by atoms with Gasteiger partial charge in [0.1, 0.15) is 0 Å². The molecule has 0 saturated carbocycles. The quantitative estimate of drug-likeness (QED) is 0.0780. The molecule has 0 spiro atoms. The second kappa shape index (κ2) is 20.6. The third-order valence-electron chi connectivity index (χ3n) is 12.5. The zero-order valence-electron chi connectivity index (χ0n) is 36.7. The van der Waals surface area contributed by atoms with E-state index >= 15 is 0 Å². The van der Waals surface area contributed by atoms with Crippen LogP contribution in [0.15, 0.2) is 254 Å². The molecule has 0 N–H and O–H groups in total. The zero-order valence-corrected chi connectivity index (χ0v) is 36.7. The molecule has 2 aliphatic carbocycles. The highest BCUT2D eigenvalue weighted by molar-refractivity contribution is 5.95. The van der Waals surface area contributed by atoms with Crippen LogP contribution in [0.25, 0.3) is 39.0 Å². The standard InChI is InChI=1S/C63H55N/c1-48(50-18-7-2-8-19-50)62(58-32-29-49(30-33-58)31-46-63(57-24-13-5-14-25-57)59-40-38-54(39-41-59)52-22-11-4-12-23-52)28-17-47-64(60-26-15-6-16-27-60)61-44-42-56(43-45-61)55-36-34-53(35-37-55)51-20-9-3-10-21-51/h2-4,6-13,15-22,24-30,32-46,52H,5,14,23,31,47H2,1H3/b28-17-,62-48-,63-46-. The zero-order chi connectivity index (χ0) is 43.3. The first-order valence-corrected chi connectivity index (χ1v) is 22.8. The van der Waals surface area contributed by atoms with E-state index in [1.807, 2.05) is 0 Å². The number of anilines is 2. The van der Waals surface area contributed by atoms with Gasteiger partial charge in [0.25, 0.3) is 0 Å². The number of allylic oxidation sites excluding steroid dienone is 13. The highest BCUT2D eigenvalue weighted by Crippen LogP contribution is 2.34. The summed E-state index contributed by atoms with van der Waals surface area (Å²) in [6.07, 6.45) is 27.1. The summed E-state index contributed by atoms with van der Waals surface area (Å²) >= 11 is 0. The van der Waals surface area contributed by atoms with Gasteiger partial charge in [-0.05, 0) is 129 Å². The summed E-state index contributed by atoms with van der Waals surface area (Å²) in [7, 11) is 0. The first kappa shape index (κ1) is 41.9. The van der Waals surface area contributed by atoms with Gasteiger partial charge >= 0.3 is 0 Å². The first-order chi connectivity index (χ1) is 31.7. The Morgan fingerprint density at radius 1 is 0.547 bits per heavy atom. The normalized spacial score (nSPS) is 15.2. The Kier molecular flexibility index (Phi) is 13.5. The van der Waals surface area contributed by atoms with Gasteiger partial charge in [-0.15, -0.1) is 0 Å². The summed E-state index contributed by atoms with van der Waals surface area (Å²) in [6.45, 7) is 2.96. The van der Waals surface area contributed by atoms with Crippen LogP contribution < -0.4 is 4.90 Å². The molecule has 0 radical (unpaired) electrons. The fraction of sp³-hybridized carbons (Fsp3) is 0.111. The Balaban J connectivity index is 0.960.